The Morgan fingerprint density at radius 1 is 1.05 bits per heavy atom. The van der Waals surface area contributed by atoms with Gasteiger partial charge in [-0.3, -0.25) is 4.79 Å². The van der Waals surface area contributed by atoms with Crippen LogP contribution < -0.4 is 5.43 Å². The fourth-order valence-corrected chi connectivity index (χ4v) is 2.42. The second-order valence-electron chi connectivity index (χ2n) is 6.32. The maximum Gasteiger partial charge on any atom is 0.264 e. The van der Waals surface area contributed by atoms with Crippen LogP contribution in [0.3, 0.4) is 0 Å². The summed E-state index contributed by atoms with van der Waals surface area (Å²) in [6.07, 6.45) is 9.82. The number of unbranched alkanes of at least 4 members (excludes halogenated alkanes) is 6. The minimum absolute atomic E-state index is 0.0260. The Kier molecular flexibility index (Phi) is 10.8. The quantitative estimate of drug-likeness (QED) is 0.329. The van der Waals surface area contributed by atoms with E-state index in [0.717, 1.165) is 12.8 Å². The number of amides is 1. The molecule has 20 heavy (non-hydrogen) atoms. The van der Waals surface area contributed by atoms with E-state index in [2.05, 4.69) is 12.3 Å². The first-order chi connectivity index (χ1) is 9.41. The van der Waals surface area contributed by atoms with Crippen molar-refractivity contribution in [2.45, 2.75) is 77.7 Å². The normalized spacial score (nSPS) is 13.2. The largest absolute Gasteiger partial charge is 0.387 e. The summed E-state index contributed by atoms with van der Waals surface area (Å²) in [5.74, 6) is 0.0260. The molecule has 0 spiro atoms. The minimum Gasteiger partial charge on any atom is -0.387 e. The molecule has 1 atom stereocenters. The van der Waals surface area contributed by atoms with E-state index < -0.39 is 0 Å². The second-order valence-corrected chi connectivity index (χ2v) is 6.32. The van der Waals surface area contributed by atoms with Crippen molar-refractivity contribution in [3.63, 3.8) is 0 Å². The van der Waals surface area contributed by atoms with Crippen LogP contribution in [0.15, 0.2) is 0 Å². The molecule has 0 aromatic rings. The fourth-order valence-electron chi connectivity index (χ4n) is 2.42. The molecule has 0 fully saturated rings. The lowest BCUT2D eigenvalue weighted by Crippen LogP contribution is -2.57. The van der Waals surface area contributed by atoms with Gasteiger partial charge in [-0.2, -0.15) is 0 Å². The van der Waals surface area contributed by atoms with Crippen LogP contribution in [-0.4, -0.2) is 42.3 Å². The van der Waals surface area contributed by atoms with Gasteiger partial charge in [0.1, 0.15) is 12.6 Å². The highest BCUT2D eigenvalue weighted by Gasteiger charge is 2.22. The smallest absolute Gasteiger partial charge is 0.264 e. The number of rotatable bonds is 12. The van der Waals surface area contributed by atoms with Crippen LogP contribution in [0.4, 0.5) is 0 Å². The van der Waals surface area contributed by atoms with E-state index in [0.29, 0.717) is 17.6 Å². The average molecular weight is 287 g/mol. The molecule has 0 aromatic heterocycles. The van der Waals surface area contributed by atoms with Crippen molar-refractivity contribution in [2.24, 2.45) is 0 Å². The number of carbonyl (C=O) groups is 1. The molecule has 1 unspecified atom stereocenters. The van der Waals surface area contributed by atoms with Crippen LogP contribution in [0.1, 0.15) is 71.6 Å². The number of aliphatic hydroxyl groups excluding tert-OH is 1. The van der Waals surface area contributed by atoms with Crippen molar-refractivity contribution in [2.75, 3.05) is 20.6 Å². The zero-order valence-electron chi connectivity index (χ0n) is 14.0. The predicted molar refractivity (Wildman–Crippen MR) is 84.0 cm³/mol. The van der Waals surface area contributed by atoms with Gasteiger partial charge < -0.3 is 5.11 Å². The number of quaternary nitrogens is 1. The number of carbonyl (C=O) groups excluding carboxylic acids is 1. The molecule has 0 aliphatic carbocycles. The summed E-state index contributed by atoms with van der Waals surface area (Å²) in [7, 11) is 3.84. The van der Waals surface area contributed by atoms with E-state index in [4.69, 9.17) is 0 Å². The predicted octanol–water partition coefficient (Wildman–Crippen LogP) is 3.01. The molecule has 0 aliphatic heterocycles. The third kappa shape index (κ3) is 11.2. The summed E-state index contributed by atoms with van der Waals surface area (Å²) in [5.41, 5.74) is 2.90. The standard InChI is InChI=1S/C16H34N2O2/c1-5-7-8-9-10-11-12-13-15(19)14-18(3,4)17-16(20)6-2/h15,19H,5-14H2,1-4H3/p+1. The van der Waals surface area contributed by atoms with Gasteiger partial charge in [-0.1, -0.05) is 58.8 Å². The van der Waals surface area contributed by atoms with Gasteiger partial charge in [0.2, 0.25) is 0 Å². The van der Waals surface area contributed by atoms with Crippen LogP contribution in [-0.2, 0) is 4.79 Å². The number of nitrogens with one attached hydrogen (secondary N) is 1. The van der Waals surface area contributed by atoms with Crippen LogP contribution in [0, 0.1) is 0 Å². The molecule has 0 rings (SSSR count). The Bertz CT molecular complexity index is 255. The van der Waals surface area contributed by atoms with Gasteiger partial charge in [-0.15, -0.1) is 0 Å². The van der Waals surface area contributed by atoms with Crippen LogP contribution in [0.25, 0.3) is 0 Å². The monoisotopic (exact) mass is 287 g/mol. The van der Waals surface area contributed by atoms with Crippen molar-refractivity contribution in [3.8, 4) is 0 Å². The van der Waals surface area contributed by atoms with Gasteiger partial charge in [-0.05, 0) is 6.42 Å². The van der Waals surface area contributed by atoms with Crippen molar-refractivity contribution in [1.29, 1.82) is 0 Å². The lowest BCUT2D eigenvalue weighted by Gasteiger charge is -2.30. The molecular weight excluding hydrogens is 252 g/mol. The van der Waals surface area contributed by atoms with Crippen molar-refractivity contribution >= 4 is 5.91 Å². The highest BCUT2D eigenvalue weighted by molar-refractivity contribution is 5.74. The number of hydrogen-bond donors (Lipinski definition) is 2. The van der Waals surface area contributed by atoms with Crippen molar-refractivity contribution in [1.82, 2.24) is 5.43 Å². The summed E-state index contributed by atoms with van der Waals surface area (Å²) < 4.78 is 0.352. The van der Waals surface area contributed by atoms with Crippen molar-refractivity contribution < 1.29 is 14.5 Å². The average Bonchev–Trinajstić information content (AvgIpc) is 2.36. The Labute approximate surface area is 125 Å². The van der Waals surface area contributed by atoms with E-state index in [1.165, 1.54) is 38.5 Å². The zero-order valence-corrected chi connectivity index (χ0v) is 14.0. The number of aliphatic hydroxyl groups is 1. The summed E-state index contributed by atoms with van der Waals surface area (Å²) in [5, 5.41) is 10.0. The molecule has 0 bridgehead atoms. The van der Waals surface area contributed by atoms with Gasteiger partial charge in [0.25, 0.3) is 5.91 Å². The van der Waals surface area contributed by atoms with E-state index >= 15 is 0 Å². The highest BCUT2D eigenvalue weighted by atomic mass is 16.3. The topological polar surface area (TPSA) is 49.3 Å². The lowest BCUT2D eigenvalue weighted by molar-refractivity contribution is -0.928. The summed E-state index contributed by atoms with van der Waals surface area (Å²) in [4.78, 5) is 11.4. The molecule has 120 valence electrons. The van der Waals surface area contributed by atoms with E-state index in [1.807, 2.05) is 21.0 Å². The van der Waals surface area contributed by atoms with Crippen LogP contribution in [0.2, 0.25) is 0 Å². The molecule has 4 nitrogen and oxygen atoms in total. The Morgan fingerprint density at radius 2 is 1.60 bits per heavy atom. The lowest BCUT2D eigenvalue weighted by atomic mass is 10.1. The first kappa shape index (κ1) is 19.4. The second kappa shape index (κ2) is 11.1. The van der Waals surface area contributed by atoms with Gasteiger partial charge in [0.15, 0.2) is 0 Å². The molecule has 0 aliphatic rings. The SMILES string of the molecule is CCCCCCCCCC(O)C[N+](C)(C)NC(=O)CC. The summed E-state index contributed by atoms with van der Waals surface area (Å²) >= 11 is 0. The van der Waals surface area contributed by atoms with Gasteiger partial charge in [0.05, 0.1) is 14.1 Å². The van der Waals surface area contributed by atoms with E-state index in [9.17, 15) is 9.90 Å². The minimum atomic E-state index is -0.335. The van der Waals surface area contributed by atoms with Crippen molar-refractivity contribution in [3.05, 3.63) is 0 Å². The number of likely N-dealkylation sites (N-methyl/N-ethyl adjacent to an activating group) is 1. The molecule has 1 amide bonds. The molecular formula is C16H35N2O2+. The maximum absolute atomic E-state index is 11.4. The van der Waals surface area contributed by atoms with E-state index in [-0.39, 0.29) is 12.0 Å². The molecule has 0 radical (unpaired) electrons. The Balaban J connectivity index is 3.66. The molecule has 0 saturated carbocycles. The molecule has 2 N–H and O–H groups in total. The third-order valence-corrected chi connectivity index (χ3v) is 3.56. The van der Waals surface area contributed by atoms with E-state index in [1.54, 1.807) is 0 Å². The maximum atomic E-state index is 11.4. The molecule has 0 heterocycles. The summed E-state index contributed by atoms with van der Waals surface area (Å²) in [6, 6.07) is 0. The third-order valence-electron chi connectivity index (χ3n) is 3.56. The summed E-state index contributed by atoms with van der Waals surface area (Å²) in [6.45, 7) is 4.64. The van der Waals surface area contributed by atoms with Gasteiger partial charge in [-0.25, -0.2) is 10.0 Å². The van der Waals surface area contributed by atoms with Crippen LogP contribution >= 0.6 is 0 Å². The zero-order chi connectivity index (χ0) is 15.4. The van der Waals surface area contributed by atoms with Crippen LogP contribution in [0.5, 0.6) is 0 Å². The number of nitrogens with zero attached hydrogens (tertiary/aromatic N) is 1. The first-order valence-electron chi connectivity index (χ1n) is 8.23. The van der Waals surface area contributed by atoms with Gasteiger partial charge in [0, 0.05) is 6.42 Å². The molecule has 0 saturated heterocycles. The molecule has 4 heteroatoms. The number of hydrogen-bond acceptors (Lipinski definition) is 2. The molecule has 0 aromatic carbocycles. The highest BCUT2D eigenvalue weighted by Crippen LogP contribution is 2.10. The fraction of sp³-hybridized carbons (Fsp3) is 0.938. The Hall–Kier alpha value is -0.610. The first-order valence-corrected chi connectivity index (χ1v) is 8.23. The Morgan fingerprint density at radius 3 is 2.15 bits per heavy atom. The van der Waals surface area contributed by atoms with Gasteiger partial charge >= 0.3 is 0 Å².